The Labute approximate surface area is 106 Å². The molecule has 0 fully saturated rings. The highest BCUT2D eigenvalue weighted by atomic mass is 32.1. The van der Waals surface area contributed by atoms with Crippen LogP contribution in [-0.2, 0) is 6.54 Å². The van der Waals surface area contributed by atoms with Crippen LogP contribution in [0.25, 0.3) is 10.2 Å². The molecule has 0 amide bonds. The van der Waals surface area contributed by atoms with Crippen LogP contribution >= 0.6 is 22.7 Å². The van der Waals surface area contributed by atoms with Gasteiger partial charge in [-0.2, -0.15) is 0 Å². The van der Waals surface area contributed by atoms with E-state index in [1.165, 1.54) is 5.56 Å². The molecule has 0 atom stereocenters. The first-order valence-electron chi connectivity index (χ1n) is 5.14. The second kappa shape index (κ2) is 4.38. The lowest BCUT2D eigenvalue weighted by atomic mass is 10.2. The Kier molecular flexibility index (Phi) is 2.74. The molecule has 0 spiro atoms. The Balaban J connectivity index is 1.92. The summed E-state index contributed by atoms with van der Waals surface area (Å²) in [7, 11) is 0. The zero-order valence-electron chi connectivity index (χ0n) is 9.17. The molecule has 6 heteroatoms. The van der Waals surface area contributed by atoms with E-state index in [1.807, 2.05) is 10.9 Å². The van der Waals surface area contributed by atoms with Gasteiger partial charge in [-0.3, -0.25) is 0 Å². The van der Waals surface area contributed by atoms with Gasteiger partial charge in [0, 0.05) is 5.38 Å². The summed E-state index contributed by atoms with van der Waals surface area (Å²) in [6.07, 6.45) is 1.60. The van der Waals surface area contributed by atoms with E-state index in [0.29, 0.717) is 6.54 Å². The molecule has 0 aliphatic carbocycles. The van der Waals surface area contributed by atoms with Crippen LogP contribution in [0, 0.1) is 6.92 Å². The molecule has 86 valence electrons. The molecule has 1 N–H and O–H groups in total. The van der Waals surface area contributed by atoms with Crippen molar-refractivity contribution in [3.63, 3.8) is 0 Å². The minimum absolute atomic E-state index is 0.699. The van der Waals surface area contributed by atoms with Crippen molar-refractivity contribution in [1.29, 1.82) is 0 Å². The maximum absolute atomic E-state index is 4.30. The largest absolute Gasteiger partial charge is 0.364 e. The van der Waals surface area contributed by atoms with Gasteiger partial charge in [-0.15, -0.1) is 22.7 Å². The third-order valence-corrected chi connectivity index (χ3v) is 4.11. The number of aryl methyl sites for hydroxylation is 1. The van der Waals surface area contributed by atoms with Gasteiger partial charge < -0.3 is 5.32 Å². The summed E-state index contributed by atoms with van der Waals surface area (Å²) in [6.45, 7) is 2.78. The van der Waals surface area contributed by atoms with Crippen LogP contribution in [0.4, 0.5) is 5.82 Å². The van der Waals surface area contributed by atoms with Gasteiger partial charge in [-0.25, -0.2) is 15.0 Å². The van der Waals surface area contributed by atoms with E-state index >= 15 is 0 Å². The van der Waals surface area contributed by atoms with E-state index in [-0.39, 0.29) is 0 Å². The Morgan fingerprint density at radius 3 is 3.00 bits per heavy atom. The number of hydrogen-bond donors (Lipinski definition) is 1. The van der Waals surface area contributed by atoms with E-state index in [1.54, 1.807) is 29.0 Å². The Morgan fingerprint density at radius 1 is 1.24 bits per heavy atom. The number of thiophene rings is 1. The normalized spacial score (nSPS) is 10.9. The van der Waals surface area contributed by atoms with E-state index < -0.39 is 0 Å². The fraction of sp³-hybridized carbons (Fsp3) is 0.182. The molecule has 0 radical (unpaired) electrons. The van der Waals surface area contributed by atoms with Crippen LogP contribution in [0.2, 0.25) is 0 Å². The summed E-state index contributed by atoms with van der Waals surface area (Å²) < 4.78 is 0. The maximum Gasteiger partial charge on any atom is 0.138 e. The second-order valence-electron chi connectivity index (χ2n) is 3.65. The number of thiazole rings is 1. The lowest BCUT2D eigenvalue weighted by molar-refractivity contribution is 1.05. The first-order valence-corrected chi connectivity index (χ1v) is 6.96. The predicted molar refractivity (Wildman–Crippen MR) is 71.6 cm³/mol. The third-order valence-electron chi connectivity index (χ3n) is 2.47. The van der Waals surface area contributed by atoms with Crippen molar-refractivity contribution >= 4 is 38.7 Å². The molecular formula is C11H10N4S2. The van der Waals surface area contributed by atoms with E-state index in [0.717, 1.165) is 21.7 Å². The summed E-state index contributed by atoms with van der Waals surface area (Å²) in [5, 5.41) is 8.57. The SMILES string of the molecule is Cc1csc2ncnc(NCc3cscn3)c12. The molecular weight excluding hydrogens is 252 g/mol. The van der Waals surface area contributed by atoms with Gasteiger partial charge in [0.2, 0.25) is 0 Å². The van der Waals surface area contributed by atoms with Crippen molar-refractivity contribution in [2.75, 3.05) is 5.32 Å². The fourth-order valence-electron chi connectivity index (χ4n) is 1.65. The fourth-order valence-corrected chi connectivity index (χ4v) is 3.10. The maximum atomic E-state index is 4.30. The van der Waals surface area contributed by atoms with Gasteiger partial charge in [-0.05, 0) is 17.9 Å². The van der Waals surface area contributed by atoms with Crippen LogP contribution in [0.3, 0.4) is 0 Å². The molecule has 0 aromatic carbocycles. The molecule has 0 saturated heterocycles. The minimum Gasteiger partial charge on any atom is -0.364 e. The van der Waals surface area contributed by atoms with Gasteiger partial charge in [0.25, 0.3) is 0 Å². The van der Waals surface area contributed by atoms with Crippen molar-refractivity contribution in [3.05, 3.63) is 33.9 Å². The quantitative estimate of drug-likeness (QED) is 0.788. The van der Waals surface area contributed by atoms with Crippen LogP contribution in [0.1, 0.15) is 11.3 Å². The molecule has 0 aliphatic rings. The molecule has 0 bridgehead atoms. The Morgan fingerprint density at radius 2 is 2.18 bits per heavy atom. The van der Waals surface area contributed by atoms with Crippen molar-refractivity contribution in [3.8, 4) is 0 Å². The van der Waals surface area contributed by atoms with Crippen molar-refractivity contribution < 1.29 is 0 Å². The van der Waals surface area contributed by atoms with Gasteiger partial charge >= 0.3 is 0 Å². The van der Waals surface area contributed by atoms with Crippen molar-refractivity contribution in [2.45, 2.75) is 13.5 Å². The monoisotopic (exact) mass is 262 g/mol. The number of fused-ring (bicyclic) bond motifs is 1. The van der Waals surface area contributed by atoms with Crippen LogP contribution < -0.4 is 5.32 Å². The van der Waals surface area contributed by atoms with Gasteiger partial charge in [0.15, 0.2) is 0 Å². The summed E-state index contributed by atoms with van der Waals surface area (Å²) in [6, 6.07) is 0. The van der Waals surface area contributed by atoms with Crippen LogP contribution in [0.5, 0.6) is 0 Å². The first kappa shape index (κ1) is 10.6. The van der Waals surface area contributed by atoms with Crippen LogP contribution in [-0.4, -0.2) is 15.0 Å². The average molecular weight is 262 g/mol. The van der Waals surface area contributed by atoms with E-state index in [4.69, 9.17) is 0 Å². The molecule has 17 heavy (non-hydrogen) atoms. The average Bonchev–Trinajstić information content (AvgIpc) is 2.97. The van der Waals surface area contributed by atoms with E-state index in [2.05, 4.69) is 32.6 Å². The number of aromatic nitrogens is 3. The summed E-state index contributed by atoms with van der Waals surface area (Å²) in [5.41, 5.74) is 4.09. The second-order valence-corrected chi connectivity index (χ2v) is 5.23. The zero-order chi connectivity index (χ0) is 11.7. The van der Waals surface area contributed by atoms with Gasteiger partial charge in [0.1, 0.15) is 17.0 Å². The molecule has 3 heterocycles. The van der Waals surface area contributed by atoms with Crippen molar-refractivity contribution in [1.82, 2.24) is 15.0 Å². The van der Waals surface area contributed by atoms with E-state index in [9.17, 15) is 0 Å². The number of nitrogens with zero attached hydrogens (tertiary/aromatic N) is 3. The Bertz CT molecular complexity index is 630. The predicted octanol–water partition coefficient (Wildman–Crippen LogP) is 3.07. The minimum atomic E-state index is 0.699. The molecule has 3 aromatic rings. The molecule has 3 rings (SSSR count). The lowest BCUT2D eigenvalue weighted by Gasteiger charge is -2.05. The molecule has 4 nitrogen and oxygen atoms in total. The molecule has 0 aliphatic heterocycles. The summed E-state index contributed by atoms with van der Waals surface area (Å²) in [4.78, 5) is 13.8. The summed E-state index contributed by atoms with van der Waals surface area (Å²) >= 11 is 3.25. The highest BCUT2D eigenvalue weighted by molar-refractivity contribution is 7.17. The third kappa shape index (κ3) is 2.01. The number of anilines is 1. The van der Waals surface area contributed by atoms with Gasteiger partial charge in [0.05, 0.1) is 23.1 Å². The standard InChI is InChI=1S/C11H10N4S2/c1-7-3-17-11-9(7)10(13-5-14-11)12-2-8-4-16-6-15-8/h3-6H,2H2,1H3,(H,12,13,14). The molecule has 0 saturated carbocycles. The highest BCUT2D eigenvalue weighted by Crippen LogP contribution is 2.28. The van der Waals surface area contributed by atoms with Crippen LogP contribution in [0.15, 0.2) is 22.6 Å². The number of hydrogen-bond acceptors (Lipinski definition) is 6. The first-order chi connectivity index (χ1) is 8.34. The molecule has 0 unspecified atom stereocenters. The molecule has 3 aromatic heterocycles. The van der Waals surface area contributed by atoms with Gasteiger partial charge in [-0.1, -0.05) is 0 Å². The topological polar surface area (TPSA) is 50.7 Å². The number of nitrogens with one attached hydrogen (secondary N) is 1. The smallest absolute Gasteiger partial charge is 0.138 e. The number of rotatable bonds is 3. The summed E-state index contributed by atoms with van der Waals surface area (Å²) in [5.74, 6) is 0.891. The zero-order valence-corrected chi connectivity index (χ0v) is 10.8. The lowest BCUT2D eigenvalue weighted by Crippen LogP contribution is -2.02. The van der Waals surface area contributed by atoms with Crippen molar-refractivity contribution in [2.24, 2.45) is 0 Å². The highest BCUT2D eigenvalue weighted by Gasteiger charge is 2.08. The Hall–Kier alpha value is -1.53.